The van der Waals surface area contributed by atoms with Gasteiger partial charge >= 0.3 is 0 Å². The van der Waals surface area contributed by atoms with E-state index >= 15 is 0 Å². The van der Waals surface area contributed by atoms with Crippen molar-refractivity contribution in [1.29, 1.82) is 0 Å². The van der Waals surface area contributed by atoms with Crippen LogP contribution >= 0.6 is 0 Å². The molecule has 0 aliphatic heterocycles. The lowest BCUT2D eigenvalue weighted by Crippen LogP contribution is -2.29. The molecular weight excluding hydrogens is 388 g/mol. The first-order valence-corrected chi connectivity index (χ1v) is 10.6. The molecule has 9 heteroatoms. The molecule has 0 bridgehead atoms. The molecule has 3 rings (SSSR count). The minimum atomic E-state index is -3.56. The summed E-state index contributed by atoms with van der Waals surface area (Å²) in [6, 6.07) is 10.8. The molecule has 2 heterocycles. The number of hydrogen-bond donors (Lipinski definition) is 3. The molecule has 0 aliphatic carbocycles. The fraction of sp³-hybridized carbons (Fsp3) is 0.250. The SMILES string of the molecule is Cc1ccnc(Nc2cc(NCCNS(=O)(=O)c3ccc(C)cc3C)ncn2)c1. The fourth-order valence-electron chi connectivity index (χ4n) is 2.81. The van der Waals surface area contributed by atoms with E-state index in [9.17, 15) is 8.42 Å². The van der Waals surface area contributed by atoms with E-state index in [0.717, 1.165) is 16.7 Å². The molecule has 29 heavy (non-hydrogen) atoms. The Morgan fingerprint density at radius 1 is 0.828 bits per heavy atom. The van der Waals surface area contributed by atoms with Crippen molar-refractivity contribution < 1.29 is 8.42 Å². The first-order chi connectivity index (χ1) is 13.8. The van der Waals surface area contributed by atoms with Gasteiger partial charge in [-0.15, -0.1) is 0 Å². The first-order valence-electron chi connectivity index (χ1n) is 9.16. The van der Waals surface area contributed by atoms with E-state index in [1.807, 2.05) is 32.0 Å². The third kappa shape index (κ3) is 5.72. The van der Waals surface area contributed by atoms with Crippen molar-refractivity contribution in [3.8, 4) is 0 Å². The van der Waals surface area contributed by atoms with Crippen molar-refractivity contribution in [2.45, 2.75) is 25.7 Å². The van der Waals surface area contributed by atoms with E-state index in [-0.39, 0.29) is 6.54 Å². The highest BCUT2D eigenvalue weighted by Gasteiger charge is 2.15. The summed E-state index contributed by atoms with van der Waals surface area (Å²) in [5.74, 6) is 1.87. The van der Waals surface area contributed by atoms with Gasteiger partial charge in [-0.2, -0.15) is 0 Å². The molecule has 0 atom stereocenters. The smallest absolute Gasteiger partial charge is 0.240 e. The molecule has 152 valence electrons. The van der Waals surface area contributed by atoms with Gasteiger partial charge in [-0.05, 0) is 50.1 Å². The number of sulfonamides is 1. The zero-order valence-electron chi connectivity index (χ0n) is 16.6. The molecule has 0 radical (unpaired) electrons. The summed E-state index contributed by atoms with van der Waals surface area (Å²) in [5, 5.41) is 6.21. The quantitative estimate of drug-likeness (QED) is 0.488. The van der Waals surface area contributed by atoms with Crippen LogP contribution in [-0.4, -0.2) is 36.5 Å². The fourth-order valence-corrected chi connectivity index (χ4v) is 4.07. The van der Waals surface area contributed by atoms with Crippen LogP contribution in [0.2, 0.25) is 0 Å². The van der Waals surface area contributed by atoms with Gasteiger partial charge in [0.1, 0.15) is 23.8 Å². The van der Waals surface area contributed by atoms with Gasteiger partial charge in [0.25, 0.3) is 0 Å². The Balaban J connectivity index is 1.55. The van der Waals surface area contributed by atoms with Gasteiger partial charge in [-0.25, -0.2) is 28.1 Å². The number of anilines is 3. The normalized spacial score (nSPS) is 11.3. The summed E-state index contributed by atoms with van der Waals surface area (Å²) in [6.45, 7) is 6.31. The van der Waals surface area contributed by atoms with Crippen molar-refractivity contribution in [3.63, 3.8) is 0 Å². The van der Waals surface area contributed by atoms with Crippen molar-refractivity contribution in [2.24, 2.45) is 0 Å². The van der Waals surface area contributed by atoms with Gasteiger partial charge in [-0.1, -0.05) is 17.7 Å². The summed E-state index contributed by atoms with van der Waals surface area (Å²) < 4.78 is 27.6. The van der Waals surface area contributed by atoms with Crippen molar-refractivity contribution in [3.05, 3.63) is 65.6 Å². The molecule has 0 saturated heterocycles. The topological polar surface area (TPSA) is 109 Å². The number of aryl methyl sites for hydroxylation is 3. The average Bonchev–Trinajstić information content (AvgIpc) is 2.65. The van der Waals surface area contributed by atoms with Gasteiger partial charge in [-0.3, -0.25) is 0 Å². The number of hydrogen-bond acceptors (Lipinski definition) is 7. The monoisotopic (exact) mass is 412 g/mol. The molecule has 0 spiro atoms. The highest BCUT2D eigenvalue weighted by molar-refractivity contribution is 7.89. The van der Waals surface area contributed by atoms with Crippen molar-refractivity contribution in [2.75, 3.05) is 23.7 Å². The Morgan fingerprint density at radius 3 is 2.31 bits per heavy atom. The van der Waals surface area contributed by atoms with Crippen LogP contribution in [0.15, 0.2) is 53.8 Å². The maximum absolute atomic E-state index is 12.5. The molecule has 8 nitrogen and oxygen atoms in total. The highest BCUT2D eigenvalue weighted by Crippen LogP contribution is 2.17. The van der Waals surface area contributed by atoms with Crippen molar-refractivity contribution in [1.82, 2.24) is 19.7 Å². The summed E-state index contributed by atoms with van der Waals surface area (Å²) in [6.07, 6.45) is 3.15. The van der Waals surface area contributed by atoms with E-state index in [1.54, 1.807) is 31.3 Å². The van der Waals surface area contributed by atoms with Gasteiger partial charge in [0.05, 0.1) is 4.90 Å². The van der Waals surface area contributed by atoms with Crippen LogP contribution in [0.1, 0.15) is 16.7 Å². The average molecular weight is 413 g/mol. The molecule has 0 fully saturated rings. The number of nitrogens with one attached hydrogen (secondary N) is 3. The Hall–Kier alpha value is -3.04. The van der Waals surface area contributed by atoms with E-state index in [1.165, 1.54) is 6.33 Å². The van der Waals surface area contributed by atoms with Crippen LogP contribution in [0.25, 0.3) is 0 Å². The van der Waals surface area contributed by atoms with Gasteiger partial charge < -0.3 is 10.6 Å². The van der Waals surface area contributed by atoms with E-state index in [4.69, 9.17) is 0 Å². The Labute approximate surface area is 170 Å². The van der Waals surface area contributed by atoms with Gasteiger partial charge in [0, 0.05) is 25.4 Å². The lowest BCUT2D eigenvalue weighted by molar-refractivity contribution is 0.582. The van der Waals surface area contributed by atoms with E-state index < -0.39 is 10.0 Å². The maximum atomic E-state index is 12.5. The number of aromatic nitrogens is 3. The van der Waals surface area contributed by atoms with Crippen LogP contribution in [0.5, 0.6) is 0 Å². The third-order valence-corrected chi connectivity index (χ3v) is 5.80. The van der Waals surface area contributed by atoms with Gasteiger partial charge in [0.15, 0.2) is 0 Å². The van der Waals surface area contributed by atoms with Crippen LogP contribution in [0, 0.1) is 20.8 Å². The highest BCUT2D eigenvalue weighted by atomic mass is 32.2. The van der Waals surface area contributed by atoms with Gasteiger partial charge in [0.2, 0.25) is 10.0 Å². The second kappa shape index (κ2) is 8.97. The molecule has 0 unspecified atom stereocenters. The first kappa shape index (κ1) is 20.7. The summed E-state index contributed by atoms with van der Waals surface area (Å²) in [4.78, 5) is 12.9. The lowest BCUT2D eigenvalue weighted by atomic mass is 10.2. The molecule has 0 saturated carbocycles. The molecule has 2 aromatic heterocycles. The molecule has 3 N–H and O–H groups in total. The number of rotatable bonds is 8. The zero-order valence-corrected chi connectivity index (χ0v) is 17.4. The minimum absolute atomic E-state index is 0.224. The number of benzene rings is 1. The zero-order chi connectivity index (χ0) is 20.9. The standard InChI is InChI=1S/C20H24N6O2S/c1-14-4-5-17(16(3)10-14)29(27,28)25-9-8-22-18-12-20(24-13-23-18)26-19-11-15(2)6-7-21-19/h4-7,10-13,25H,8-9H2,1-3H3,(H2,21,22,23,24,26). The second-order valence-electron chi connectivity index (χ2n) is 6.73. The molecule has 0 amide bonds. The predicted molar refractivity (Wildman–Crippen MR) is 114 cm³/mol. The lowest BCUT2D eigenvalue weighted by Gasteiger charge is -2.11. The molecule has 3 aromatic rings. The predicted octanol–water partition coefficient (Wildman–Crippen LogP) is 2.93. The van der Waals surface area contributed by atoms with Crippen LogP contribution in [0.4, 0.5) is 17.5 Å². The second-order valence-corrected chi connectivity index (χ2v) is 8.46. The van der Waals surface area contributed by atoms with E-state index in [0.29, 0.717) is 28.9 Å². The van der Waals surface area contributed by atoms with Crippen LogP contribution in [0.3, 0.4) is 0 Å². The molecule has 1 aromatic carbocycles. The Bertz CT molecular complexity index is 1100. The van der Waals surface area contributed by atoms with Crippen LogP contribution < -0.4 is 15.4 Å². The summed E-state index contributed by atoms with van der Waals surface area (Å²) in [5.41, 5.74) is 2.84. The number of pyridine rings is 1. The Morgan fingerprint density at radius 2 is 1.55 bits per heavy atom. The maximum Gasteiger partial charge on any atom is 0.240 e. The third-order valence-electron chi connectivity index (χ3n) is 4.18. The summed E-state index contributed by atoms with van der Waals surface area (Å²) in [7, 11) is -3.56. The summed E-state index contributed by atoms with van der Waals surface area (Å²) >= 11 is 0. The molecule has 0 aliphatic rings. The van der Waals surface area contributed by atoms with Crippen molar-refractivity contribution >= 4 is 27.5 Å². The number of nitrogens with zero attached hydrogens (tertiary/aromatic N) is 3. The minimum Gasteiger partial charge on any atom is -0.369 e. The van der Waals surface area contributed by atoms with Crippen LogP contribution in [-0.2, 0) is 10.0 Å². The van der Waals surface area contributed by atoms with E-state index in [2.05, 4.69) is 30.3 Å². The Kier molecular flexibility index (Phi) is 6.40. The molecular formula is C20H24N6O2S. The largest absolute Gasteiger partial charge is 0.369 e.